The maximum absolute atomic E-state index is 8.88. The summed E-state index contributed by atoms with van der Waals surface area (Å²) in [6.07, 6.45) is 0. The van der Waals surface area contributed by atoms with Crippen LogP contribution in [0.15, 0.2) is 30.3 Å². The van der Waals surface area contributed by atoms with E-state index in [1.807, 2.05) is 25.1 Å². The molecule has 0 aliphatic carbocycles. The molecule has 0 saturated carbocycles. The highest BCUT2D eigenvalue weighted by Gasteiger charge is 2.04. The lowest BCUT2D eigenvalue weighted by Gasteiger charge is -2.08. The number of ether oxygens (including phenoxy) is 1. The molecule has 0 fully saturated rings. The summed E-state index contributed by atoms with van der Waals surface area (Å²) >= 11 is 1.53. The Labute approximate surface area is 122 Å². The van der Waals surface area contributed by atoms with Crippen molar-refractivity contribution in [1.82, 2.24) is 0 Å². The van der Waals surface area contributed by atoms with Crippen molar-refractivity contribution in [2.75, 3.05) is 6.61 Å². The Kier molecular flexibility index (Phi) is 4.79. The van der Waals surface area contributed by atoms with Crippen LogP contribution in [0.5, 0.6) is 5.75 Å². The molecule has 0 unspecified atom stereocenters. The van der Waals surface area contributed by atoms with Gasteiger partial charge in [0.15, 0.2) is 0 Å². The molecule has 3 nitrogen and oxygen atoms in total. The third-order valence-corrected chi connectivity index (χ3v) is 3.61. The summed E-state index contributed by atoms with van der Waals surface area (Å²) in [5, 5.41) is 17.5. The number of hydrogen-bond acceptors (Lipinski definition) is 4. The summed E-state index contributed by atoms with van der Waals surface area (Å²) < 4.78 is 5.74. The van der Waals surface area contributed by atoms with Gasteiger partial charge < -0.3 is 9.84 Å². The van der Waals surface area contributed by atoms with Crippen LogP contribution in [0.2, 0.25) is 0 Å². The highest BCUT2D eigenvalue weighted by Crippen LogP contribution is 2.22. The fourth-order valence-corrected chi connectivity index (χ4v) is 2.42. The molecule has 4 heteroatoms. The van der Waals surface area contributed by atoms with Gasteiger partial charge in [0.05, 0.1) is 16.5 Å². The molecular formula is C16H13NO2S. The second kappa shape index (κ2) is 6.77. The quantitative estimate of drug-likeness (QED) is 0.881. The SMILES string of the molecule is Cc1ccc(C#N)cc1OCc1ccc(C#CCO)s1. The second-order valence-corrected chi connectivity index (χ2v) is 5.27. The summed E-state index contributed by atoms with van der Waals surface area (Å²) in [5.41, 5.74) is 1.59. The van der Waals surface area contributed by atoms with Crippen molar-refractivity contribution in [3.63, 3.8) is 0 Å². The van der Waals surface area contributed by atoms with Gasteiger partial charge in [0, 0.05) is 4.88 Å². The maximum Gasteiger partial charge on any atom is 0.124 e. The fraction of sp³-hybridized carbons (Fsp3) is 0.188. The zero-order chi connectivity index (χ0) is 14.4. The normalized spacial score (nSPS) is 9.45. The zero-order valence-electron chi connectivity index (χ0n) is 11.0. The van der Waals surface area contributed by atoms with E-state index in [4.69, 9.17) is 15.1 Å². The van der Waals surface area contributed by atoms with Crippen molar-refractivity contribution < 1.29 is 9.84 Å². The summed E-state index contributed by atoms with van der Waals surface area (Å²) in [4.78, 5) is 1.95. The second-order valence-electron chi connectivity index (χ2n) is 4.11. The Morgan fingerprint density at radius 3 is 2.90 bits per heavy atom. The Morgan fingerprint density at radius 2 is 2.15 bits per heavy atom. The minimum atomic E-state index is -0.135. The summed E-state index contributed by atoms with van der Waals surface area (Å²) in [6.45, 7) is 2.26. The Balaban J connectivity index is 2.05. The van der Waals surface area contributed by atoms with E-state index in [9.17, 15) is 0 Å². The first-order chi connectivity index (χ1) is 9.72. The molecule has 2 aromatic rings. The topological polar surface area (TPSA) is 53.2 Å². The van der Waals surface area contributed by atoms with E-state index in [1.165, 1.54) is 11.3 Å². The minimum absolute atomic E-state index is 0.135. The molecule has 0 saturated heterocycles. The average molecular weight is 283 g/mol. The number of aliphatic hydroxyl groups is 1. The van der Waals surface area contributed by atoms with Gasteiger partial charge in [-0.3, -0.25) is 0 Å². The molecule has 0 spiro atoms. The van der Waals surface area contributed by atoms with E-state index in [0.29, 0.717) is 12.2 Å². The van der Waals surface area contributed by atoms with Crippen molar-refractivity contribution >= 4 is 11.3 Å². The van der Waals surface area contributed by atoms with Gasteiger partial charge in [0.25, 0.3) is 0 Å². The molecule has 0 amide bonds. The van der Waals surface area contributed by atoms with Crippen LogP contribution >= 0.6 is 11.3 Å². The first kappa shape index (κ1) is 14.1. The highest BCUT2D eigenvalue weighted by atomic mass is 32.1. The molecule has 0 bridgehead atoms. The van der Waals surface area contributed by atoms with E-state index in [0.717, 1.165) is 21.1 Å². The lowest BCUT2D eigenvalue weighted by Crippen LogP contribution is -1.95. The van der Waals surface area contributed by atoms with Gasteiger partial charge in [-0.05, 0) is 36.8 Å². The van der Waals surface area contributed by atoms with Crippen molar-refractivity contribution in [1.29, 1.82) is 5.26 Å². The van der Waals surface area contributed by atoms with E-state index >= 15 is 0 Å². The van der Waals surface area contributed by atoms with Crippen molar-refractivity contribution in [3.05, 3.63) is 51.2 Å². The fourth-order valence-electron chi connectivity index (χ4n) is 1.62. The molecule has 0 atom stereocenters. The van der Waals surface area contributed by atoms with Gasteiger partial charge in [-0.25, -0.2) is 0 Å². The molecule has 20 heavy (non-hydrogen) atoms. The minimum Gasteiger partial charge on any atom is -0.488 e. The molecule has 1 aromatic carbocycles. The van der Waals surface area contributed by atoms with Gasteiger partial charge in [0.1, 0.15) is 19.0 Å². The van der Waals surface area contributed by atoms with Crippen LogP contribution in [0.25, 0.3) is 0 Å². The van der Waals surface area contributed by atoms with Gasteiger partial charge >= 0.3 is 0 Å². The predicted molar refractivity (Wildman–Crippen MR) is 78.5 cm³/mol. The number of aryl methyl sites for hydroxylation is 1. The average Bonchev–Trinajstić information content (AvgIpc) is 2.92. The van der Waals surface area contributed by atoms with Crippen molar-refractivity contribution in [3.8, 4) is 23.7 Å². The number of benzene rings is 1. The monoisotopic (exact) mass is 283 g/mol. The largest absolute Gasteiger partial charge is 0.488 e. The first-order valence-electron chi connectivity index (χ1n) is 6.05. The maximum atomic E-state index is 8.88. The number of hydrogen-bond donors (Lipinski definition) is 1. The third kappa shape index (κ3) is 3.61. The van der Waals surface area contributed by atoms with Crippen molar-refractivity contribution in [2.45, 2.75) is 13.5 Å². The van der Waals surface area contributed by atoms with Gasteiger partial charge in [-0.1, -0.05) is 17.9 Å². The number of thiophene rings is 1. The third-order valence-electron chi connectivity index (χ3n) is 2.64. The summed E-state index contributed by atoms with van der Waals surface area (Å²) in [5.74, 6) is 6.20. The van der Waals surface area contributed by atoms with Crippen LogP contribution in [0.1, 0.15) is 20.9 Å². The Morgan fingerprint density at radius 1 is 1.30 bits per heavy atom. The summed E-state index contributed by atoms with van der Waals surface area (Å²) in [7, 11) is 0. The molecule has 1 heterocycles. The van der Waals surface area contributed by atoms with Crippen LogP contribution < -0.4 is 4.74 Å². The van der Waals surface area contributed by atoms with Gasteiger partial charge in [0.2, 0.25) is 0 Å². The van der Waals surface area contributed by atoms with Crippen LogP contribution in [-0.2, 0) is 6.61 Å². The number of nitrogens with zero attached hydrogens (tertiary/aromatic N) is 1. The van der Waals surface area contributed by atoms with E-state index in [2.05, 4.69) is 17.9 Å². The van der Waals surface area contributed by atoms with Crippen LogP contribution in [0.4, 0.5) is 0 Å². The van der Waals surface area contributed by atoms with E-state index in [-0.39, 0.29) is 6.61 Å². The molecule has 100 valence electrons. The van der Waals surface area contributed by atoms with Gasteiger partial charge in [-0.2, -0.15) is 5.26 Å². The summed E-state index contributed by atoms with van der Waals surface area (Å²) in [6, 6.07) is 11.4. The molecule has 1 aromatic heterocycles. The molecule has 0 aliphatic rings. The van der Waals surface area contributed by atoms with Crippen LogP contribution in [-0.4, -0.2) is 11.7 Å². The molecule has 2 rings (SSSR count). The number of nitriles is 1. The van der Waals surface area contributed by atoms with E-state index in [1.54, 1.807) is 12.1 Å². The van der Waals surface area contributed by atoms with E-state index < -0.39 is 0 Å². The molecule has 0 radical (unpaired) electrons. The first-order valence-corrected chi connectivity index (χ1v) is 6.86. The molecule has 0 aliphatic heterocycles. The number of rotatable bonds is 3. The Hall–Kier alpha value is -2.27. The zero-order valence-corrected chi connectivity index (χ0v) is 11.8. The molecular weight excluding hydrogens is 270 g/mol. The lowest BCUT2D eigenvalue weighted by molar-refractivity contribution is 0.307. The standard InChI is InChI=1S/C16H13NO2S/c1-12-4-5-13(10-17)9-16(12)19-11-15-7-6-14(20-15)3-2-8-18/h4-7,9,18H,8,11H2,1H3. The van der Waals surface area contributed by atoms with Crippen LogP contribution in [0.3, 0.4) is 0 Å². The van der Waals surface area contributed by atoms with Crippen molar-refractivity contribution in [2.24, 2.45) is 0 Å². The lowest BCUT2D eigenvalue weighted by atomic mass is 10.1. The smallest absolute Gasteiger partial charge is 0.124 e. The molecule has 1 N–H and O–H groups in total. The van der Waals surface area contributed by atoms with Crippen LogP contribution in [0, 0.1) is 30.1 Å². The predicted octanol–water partition coefficient (Wildman–Crippen LogP) is 2.85. The Bertz CT molecular complexity index is 701. The highest BCUT2D eigenvalue weighted by molar-refractivity contribution is 7.12. The van der Waals surface area contributed by atoms with Gasteiger partial charge in [-0.15, -0.1) is 11.3 Å². The number of aliphatic hydroxyl groups excluding tert-OH is 1.